The van der Waals surface area contributed by atoms with Gasteiger partial charge in [-0.2, -0.15) is 0 Å². The van der Waals surface area contributed by atoms with Crippen LogP contribution < -0.4 is 0 Å². The van der Waals surface area contributed by atoms with Gasteiger partial charge in [0, 0.05) is 0 Å². The summed E-state index contributed by atoms with van der Waals surface area (Å²) in [7, 11) is 0. The van der Waals surface area contributed by atoms with E-state index in [1.54, 1.807) is 6.92 Å². The molecule has 0 bridgehead atoms. The van der Waals surface area contributed by atoms with Crippen LogP contribution in [0.5, 0.6) is 0 Å². The van der Waals surface area contributed by atoms with Gasteiger partial charge in [0.15, 0.2) is 10.4 Å². The second kappa shape index (κ2) is 3.08. The van der Waals surface area contributed by atoms with Crippen molar-refractivity contribution in [3.63, 3.8) is 0 Å². The predicted octanol–water partition coefficient (Wildman–Crippen LogP) is 1.43. The van der Waals surface area contributed by atoms with E-state index in [1.807, 2.05) is 0 Å². The van der Waals surface area contributed by atoms with E-state index >= 15 is 0 Å². The Balaban J connectivity index is 2.81. The molecule has 3 nitrogen and oxygen atoms in total. The van der Waals surface area contributed by atoms with Gasteiger partial charge < -0.3 is 4.84 Å². The third-order valence-corrected chi connectivity index (χ3v) is 0.355. The Kier molecular flexibility index (Phi) is 3.02. The van der Waals surface area contributed by atoms with Crippen molar-refractivity contribution >= 4 is 15.9 Å². The molecule has 0 amide bonds. The van der Waals surface area contributed by atoms with Crippen LogP contribution in [0.15, 0.2) is 5.34 Å². The van der Waals surface area contributed by atoms with Crippen molar-refractivity contribution in [3.8, 4) is 0 Å². The molecular weight excluding hydrogens is 150 g/mol. The second-order valence-corrected chi connectivity index (χ2v) is 2.01. The molecule has 0 aromatic rings. The summed E-state index contributed by atoms with van der Waals surface area (Å²) in [5.74, 6) is 0. The highest BCUT2D eigenvalue weighted by Gasteiger charge is 1.88. The van der Waals surface area contributed by atoms with Crippen molar-refractivity contribution in [2.45, 2.75) is 11.9 Å². The van der Waals surface area contributed by atoms with Gasteiger partial charge >= 0.3 is 0 Å². The first-order valence-corrected chi connectivity index (χ1v) is 2.31. The molecule has 1 atom stereocenters. The van der Waals surface area contributed by atoms with Crippen LogP contribution in [-0.2, 0) is 4.84 Å². The Labute approximate surface area is 43.7 Å². The number of halogens is 1. The zero-order valence-corrected chi connectivity index (χ0v) is 4.81. The molecule has 0 heterocycles. The third kappa shape index (κ3) is 3.88. The molecule has 0 aliphatic heterocycles. The standard InChI is InChI=1S/C2H4BrNO2/c1-2(3)6-4-5/h2H,1H3. The minimum atomic E-state index is -0.269. The Hall–Kier alpha value is -0.120. The van der Waals surface area contributed by atoms with Gasteiger partial charge in [-0.3, -0.25) is 0 Å². The molecule has 0 aromatic carbocycles. The zero-order chi connectivity index (χ0) is 4.99. The van der Waals surface area contributed by atoms with Crippen LogP contribution >= 0.6 is 15.9 Å². The summed E-state index contributed by atoms with van der Waals surface area (Å²) in [6.45, 7) is 1.65. The molecule has 0 aromatic heterocycles. The normalized spacial score (nSPS) is 13.0. The predicted molar refractivity (Wildman–Crippen MR) is 25.3 cm³/mol. The minimum Gasteiger partial charge on any atom is -0.349 e. The van der Waals surface area contributed by atoms with Gasteiger partial charge in [0.25, 0.3) is 0 Å². The number of alkyl halides is 1. The lowest BCUT2D eigenvalue weighted by molar-refractivity contribution is 0.134. The Morgan fingerprint density at radius 1 is 2.00 bits per heavy atom. The molecular formula is C2H4BrNO2. The molecule has 0 saturated carbocycles. The maximum atomic E-state index is 9.11. The highest BCUT2D eigenvalue weighted by atomic mass is 79.9. The molecule has 4 heteroatoms. The highest BCUT2D eigenvalue weighted by molar-refractivity contribution is 9.09. The van der Waals surface area contributed by atoms with Gasteiger partial charge in [0.2, 0.25) is 0 Å². The maximum Gasteiger partial charge on any atom is 0.182 e. The van der Waals surface area contributed by atoms with Gasteiger partial charge in [0.1, 0.15) is 0 Å². The van der Waals surface area contributed by atoms with Gasteiger partial charge in [-0.1, -0.05) is 0 Å². The summed E-state index contributed by atoms with van der Waals surface area (Å²) < 4.78 is 0. The fourth-order valence-corrected chi connectivity index (χ4v) is 0.128. The smallest absolute Gasteiger partial charge is 0.182 e. The van der Waals surface area contributed by atoms with Crippen molar-refractivity contribution in [1.29, 1.82) is 0 Å². The van der Waals surface area contributed by atoms with E-state index in [4.69, 9.17) is 4.91 Å². The zero-order valence-electron chi connectivity index (χ0n) is 3.22. The van der Waals surface area contributed by atoms with Crippen molar-refractivity contribution in [2.24, 2.45) is 5.34 Å². The lowest BCUT2D eigenvalue weighted by atomic mass is 10.9. The molecule has 0 saturated heterocycles. The van der Waals surface area contributed by atoms with Crippen LogP contribution in [-0.4, -0.2) is 5.01 Å². The van der Waals surface area contributed by atoms with Crippen LogP contribution in [0.2, 0.25) is 0 Å². The molecule has 0 radical (unpaired) electrons. The lowest BCUT2D eigenvalue weighted by Gasteiger charge is -1.90. The van der Waals surface area contributed by atoms with E-state index in [0.29, 0.717) is 0 Å². The maximum absolute atomic E-state index is 9.11. The Morgan fingerprint density at radius 2 is 2.50 bits per heavy atom. The fraction of sp³-hybridized carbons (Fsp3) is 1.00. The number of rotatable bonds is 2. The number of hydrogen-bond donors (Lipinski definition) is 0. The highest BCUT2D eigenvalue weighted by Crippen LogP contribution is 1.97. The van der Waals surface area contributed by atoms with E-state index in [9.17, 15) is 0 Å². The fourth-order valence-electron chi connectivity index (χ4n) is 0.0593. The van der Waals surface area contributed by atoms with Crippen LogP contribution in [0.3, 0.4) is 0 Å². The lowest BCUT2D eigenvalue weighted by Crippen LogP contribution is -1.87. The first-order chi connectivity index (χ1) is 2.77. The second-order valence-electron chi connectivity index (χ2n) is 0.723. The van der Waals surface area contributed by atoms with Gasteiger partial charge in [0.05, 0.1) is 0 Å². The van der Waals surface area contributed by atoms with Crippen molar-refractivity contribution in [1.82, 2.24) is 0 Å². The minimum absolute atomic E-state index is 0.269. The summed E-state index contributed by atoms with van der Waals surface area (Å²) in [5, 5.41) is 1.87. The first-order valence-electron chi connectivity index (χ1n) is 1.40. The van der Waals surface area contributed by atoms with Crippen molar-refractivity contribution in [2.75, 3.05) is 0 Å². The summed E-state index contributed by atoms with van der Waals surface area (Å²) in [6.07, 6.45) is 0. The summed E-state index contributed by atoms with van der Waals surface area (Å²) in [6, 6.07) is 0. The van der Waals surface area contributed by atoms with Gasteiger partial charge in [-0.05, 0) is 22.9 Å². The molecule has 36 valence electrons. The van der Waals surface area contributed by atoms with Crippen molar-refractivity contribution in [3.05, 3.63) is 4.91 Å². The van der Waals surface area contributed by atoms with Gasteiger partial charge in [-0.15, -0.1) is 4.91 Å². The molecule has 0 aliphatic carbocycles. The van der Waals surface area contributed by atoms with E-state index in [0.717, 1.165) is 0 Å². The van der Waals surface area contributed by atoms with E-state index in [1.165, 1.54) is 0 Å². The largest absolute Gasteiger partial charge is 0.349 e. The van der Waals surface area contributed by atoms with Gasteiger partial charge in [-0.25, -0.2) is 0 Å². The monoisotopic (exact) mass is 153 g/mol. The number of hydrogen-bond acceptors (Lipinski definition) is 3. The van der Waals surface area contributed by atoms with E-state index in [2.05, 4.69) is 26.1 Å². The summed E-state index contributed by atoms with van der Waals surface area (Å²) in [4.78, 5) is 13.1. The van der Waals surface area contributed by atoms with Crippen LogP contribution in [0.4, 0.5) is 0 Å². The van der Waals surface area contributed by atoms with E-state index < -0.39 is 0 Å². The van der Waals surface area contributed by atoms with Crippen molar-refractivity contribution < 1.29 is 4.84 Å². The average molecular weight is 154 g/mol. The number of nitrogens with zero attached hydrogens (tertiary/aromatic N) is 1. The molecule has 0 spiro atoms. The summed E-state index contributed by atoms with van der Waals surface area (Å²) in [5.41, 5.74) is 0. The SMILES string of the molecule is CC(Br)ON=O. The van der Waals surface area contributed by atoms with Crippen LogP contribution in [0.25, 0.3) is 0 Å². The first kappa shape index (κ1) is 5.88. The topological polar surface area (TPSA) is 38.7 Å². The Morgan fingerprint density at radius 3 is 2.50 bits per heavy atom. The molecule has 6 heavy (non-hydrogen) atoms. The van der Waals surface area contributed by atoms with E-state index in [-0.39, 0.29) is 5.01 Å². The summed E-state index contributed by atoms with van der Waals surface area (Å²) >= 11 is 2.92. The molecule has 0 rings (SSSR count). The average Bonchev–Trinajstić information content (AvgIpc) is 1.35. The Bertz CT molecular complexity index is 46.8. The molecule has 0 fully saturated rings. The van der Waals surface area contributed by atoms with Crippen LogP contribution in [0, 0.1) is 4.91 Å². The molecule has 1 unspecified atom stereocenters. The quantitative estimate of drug-likeness (QED) is 0.342. The van der Waals surface area contributed by atoms with Crippen LogP contribution in [0.1, 0.15) is 6.92 Å². The third-order valence-electron chi connectivity index (χ3n) is 0.188. The molecule has 0 N–H and O–H groups in total. The molecule has 0 aliphatic rings.